The summed E-state index contributed by atoms with van der Waals surface area (Å²) in [5.74, 6) is -3.59. The first-order chi connectivity index (χ1) is 39.2. The zero-order valence-corrected chi connectivity index (χ0v) is 52.1. The fraction of sp³-hybridized carbons (Fsp3) is 0.810. The maximum absolute atomic E-state index is 13.0. The van der Waals surface area contributed by atoms with Gasteiger partial charge in [-0.3, -0.25) is 28.8 Å². The molecule has 3 N–H and O–H groups in total. The number of carbonyl (C=O) groups excluding carboxylic acids is 6. The molecule has 0 saturated heterocycles. The summed E-state index contributed by atoms with van der Waals surface area (Å²) in [6.07, 6.45) is 34.6. The van der Waals surface area contributed by atoms with Crippen LogP contribution in [0, 0.1) is 0 Å². The Morgan fingerprint density at radius 1 is 0.346 bits per heavy atom. The monoisotopic (exact) mass is 1210 g/mol. The molecule has 0 amide bonds. The predicted molar refractivity (Wildman–Crippen MR) is 322 cm³/mol. The van der Waals surface area contributed by atoms with Crippen LogP contribution in [0.3, 0.4) is 0 Å². The molecule has 0 bridgehead atoms. The van der Waals surface area contributed by atoms with E-state index in [0.717, 1.165) is 154 Å². The molecule has 15 nitrogen and oxygen atoms in total. The van der Waals surface area contributed by atoms with E-state index in [9.17, 15) is 44.1 Å². The average Bonchev–Trinajstić information content (AvgIpc) is 3.46. The lowest BCUT2D eigenvalue weighted by Crippen LogP contribution is -2.31. The molecule has 18 heteroatoms. The van der Waals surface area contributed by atoms with Gasteiger partial charge in [-0.05, 0) is 116 Å². The summed E-state index contributed by atoms with van der Waals surface area (Å²) in [6.45, 7) is 5.83. The van der Waals surface area contributed by atoms with Crippen molar-refractivity contribution in [3.63, 3.8) is 0 Å². The SMILES string of the molecule is CCCCCC(OC(=O)CCl)C(O)CC=CCCCCCCCC(=O)OCC(COC(=O)CCCCCCCC=CCC(O)C(CCCCC)OC(=O)CCl)OC(=O)CCCCCCCC=CCC(O)C(CCCCC)OC(=O)CCl. The minimum Gasteiger partial charge on any atom is -0.462 e. The predicted octanol–water partition coefficient (Wildman–Crippen LogP) is 14.3. The van der Waals surface area contributed by atoms with Crippen molar-refractivity contribution in [1.29, 1.82) is 0 Å². The maximum atomic E-state index is 13.0. The Bertz CT molecular complexity index is 1600. The summed E-state index contributed by atoms with van der Waals surface area (Å²) < 4.78 is 32.9. The summed E-state index contributed by atoms with van der Waals surface area (Å²) in [4.78, 5) is 73.7. The second kappa shape index (κ2) is 56.0. The lowest BCUT2D eigenvalue weighted by atomic mass is 10.0. The standard InChI is InChI=1S/C63H107Cl3O15/c1-4-7-28-40-55(79-61(73)46-64)52(67)37-31-22-16-10-13-19-25-34-43-58(70)76-49-51(78-60(72)45-36-27-21-15-12-18-24-33-39-54(69)57(42-30-9-6-3)81-63(75)48-66)50-77-59(71)44-35-26-20-14-11-17-23-32-38-53(68)56(41-29-8-5-2)80-62(74)47-65/h22-24,31-33,51-57,67-69H,4-21,25-30,34-50H2,1-3H3. The van der Waals surface area contributed by atoms with Crippen LogP contribution >= 0.6 is 34.8 Å². The molecule has 0 saturated carbocycles. The molecule has 0 aliphatic rings. The van der Waals surface area contributed by atoms with Crippen LogP contribution in [0.4, 0.5) is 0 Å². The number of allylic oxidation sites excluding steroid dienone is 3. The van der Waals surface area contributed by atoms with Crippen LogP contribution in [0.1, 0.15) is 252 Å². The largest absolute Gasteiger partial charge is 0.462 e. The van der Waals surface area contributed by atoms with Gasteiger partial charge in [0.15, 0.2) is 6.10 Å². The number of alkyl halides is 3. The summed E-state index contributed by atoms with van der Waals surface area (Å²) in [6, 6.07) is 0. The molecule has 0 aromatic heterocycles. The second-order valence-corrected chi connectivity index (χ2v) is 22.0. The van der Waals surface area contributed by atoms with Crippen LogP contribution in [0.15, 0.2) is 36.5 Å². The van der Waals surface area contributed by atoms with Gasteiger partial charge in [0.25, 0.3) is 0 Å². The smallest absolute Gasteiger partial charge is 0.321 e. The number of hydrogen-bond donors (Lipinski definition) is 3. The number of halogens is 3. The van der Waals surface area contributed by atoms with Gasteiger partial charge in [0.1, 0.15) is 49.2 Å². The van der Waals surface area contributed by atoms with E-state index in [1.54, 1.807) is 0 Å². The molecule has 0 aliphatic carbocycles. The first kappa shape index (κ1) is 77.8. The lowest BCUT2D eigenvalue weighted by Gasteiger charge is -2.22. The second-order valence-electron chi connectivity index (χ2n) is 21.2. The zero-order valence-electron chi connectivity index (χ0n) is 49.9. The molecule has 0 fully saturated rings. The molecule has 470 valence electrons. The topological polar surface area (TPSA) is 218 Å². The van der Waals surface area contributed by atoms with Gasteiger partial charge in [0.2, 0.25) is 0 Å². The molecule has 0 aromatic carbocycles. The quantitative estimate of drug-likeness (QED) is 0.0170. The van der Waals surface area contributed by atoms with Gasteiger partial charge in [0, 0.05) is 19.3 Å². The Hall–Kier alpha value is -3.21. The van der Waals surface area contributed by atoms with Crippen molar-refractivity contribution in [1.82, 2.24) is 0 Å². The van der Waals surface area contributed by atoms with Gasteiger partial charge in [-0.2, -0.15) is 0 Å². The molecule has 0 aliphatic heterocycles. The van der Waals surface area contributed by atoms with E-state index >= 15 is 0 Å². The van der Waals surface area contributed by atoms with Crippen LogP contribution in [0.25, 0.3) is 0 Å². The normalized spacial score (nSPS) is 14.3. The number of aliphatic hydroxyl groups excluding tert-OH is 3. The van der Waals surface area contributed by atoms with Gasteiger partial charge in [-0.25, -0.2) is 0 Å². The highest BCUT2D eigenvalue weighted by Gasteiger charge is 2.25. The zero-order chi connectivity index (χ0) is 60.0. The van der Waals surface area contributed by atoms with E-state index in [0.29, 0.717) is 57.8 Å². The summed E-state index contributed by atoms with van der Waals surface area (Å²) >= 11 is 16.8. The summed E-state index contributed by atoms with van der Waals surface area (Å²) in [5, 5.41) is 31.9. The fourth-order valence-corrected chi connectivity index (χ4v) is 9.14. The molecule has 0 heterocycles. The van der Waals surface area contributed by atoms with Crippen LogP contribution in [-0.4, -0.2) is 125 Å². The summed E-state index contributed by atoms with van der Waals surface area (Å²) in [5.41, 5.74) is 0. The van der Waals surface area contributed by atoms with Crippen molar-refractivity contribution in [3.8, 4) is 0 Å². The molecule has 81 heavy (non-hydrogen) atoms. The number of rotatable bonds is 56. The molecule has 0 spiro atoms. The van der Waals surface area contributed by atoms with Crippen molar-refractivity contribution in [2.75, 3.05) is 30.9 Å². The Morgan fingerprint density at radius 3 is 0.926 bits per heavy atom. The fourth-order valence-electron chi connectivity index (χ4n) is 8.96. The third-order valence-corrected chi connectivity index (χ3v) is 14.4. The minimum absolute atomic E-state index is 0.177. The molecule has 0 rings (SSSR count). The Morgan fingerprint density at radius 2 is 0.630 bits per heavy atom. The van der Waals surface area contributed by atoms with E-state index in [1.165, 1.54) is 0 Å². The lowest BCUT2D eigenvalue weighted by molar-refractivity contribution is -0.167. The van der Waals surface area contributed by atoms with Crippen LogP contribution in [0.5, 0.6) is 0 Å². The number of carbonyl (C=O) groups is 6. The molecule has 6 atom stereocenters. The first-order valence-electron chi connectivity index (χ1n) is 31.0. The molecular formula is C63H107Cl3O15. The van der Waals surface area contributed by atoms with Gasteiger partial charge in [0.05, 0.1) is 18.3 Å². The third kappa shape index (κ3) is 47.8. The highest BCUT2D eigenvalue weighted by molar-refractivity contribution is 6.27. The Balaban J connectivity index is 4.92. The number of esters is 6. The minimum atomic E-state index is -0.932. The highest BCUT2D eigenvalue weighted by Crippen LogP contribution is 2.19. The number of aliphatic hydroxyl groups is 3. The highest BCUT2D eigenvalue weighted by atomic mass is 35.5. The van der Waals surface area contributed by atoms with Crippen molar-refractivity contribution < 1.29 is 72.5 Å². The van der Waals surface area contributed by atoms with Gasteiger partial charge < -0.3 is 43.7 Å². The molecule has 6 unspecified atom stereocenters. The third-order valence-electron chi connectivity index (χ3n) is 13.8. The molecule has 0 aromatic rings. The van der Waals surface area contributed by atoms with E-state index in [2.05, 4.69) is 20.8 Å². The van der Waals surface area contributed by atoms with E-state index in [4.69, 9.17) is 63.2 Å². The van der Waals surface area contributed by atoms with Crippen molar-refractivity contribution in [2.45, 2.75) is 295 Å². The van der Waals surface area contributed by atoms with Crippen molar-refractivity contribution >= 4 is 70.6 Å². The Labute approximate surface area is 502 Å². The van der Waals surface area contributed by atoms with Crippen LogP contribution < -0.4 is 0 Å². The van der Waals surface area contributed by atoms with Crippen molar-refractivity contribution in [3.05, 3.63) is 36.5 Å². The van der Waals surface area contributed by atoms with Crippen molar-refractivity contribution in [2.24, 2.45) is 0 Å². The van der Waals surface area contributed by atoms with Gasteiger partial charge in [-0.1, -0.05) is 154 Å². The Kier molecular flexibility index (Phi) is 53.7. The first-order valence-corrected chi connectivity index (χ1v) is 32.6. The average molecular weight is 1210 g/mol. The maximum Gasteiger partial charge on any atom is 0.321 e. The number of unbranched alkanes of at least 4 members (excludes halogenated alkanes) is 21. The van der Waals surface area contributed by atoms with E-state index in [1.807, 2.05) is 36.5 Å². The number of ether oxygens (including phenoxy) is 6. The van der Waals surface area contributed by atoms with Gasteiger partial charge in [-0.15, -0.1) is 34.8 Å². The molecule has 0 radical (unpaired) electrons. The van der Waals surface area contributed by atoms with Crippen LogP contribution in [0.2, 0.25) is 0 Å². The van der Waals surface area contributed by atoms with E-state index < -0.39 is 78.5 Å². The van der Waals surface area contributed by atoms with Gasteiger partial charge >= 0.3 is 35.8 Å². The summed E-state index contributed by atoms with van der Waals surface area (Å²) in [7, 11) is 0. The number of hydrogen-bond acceptors (Lipinski definition) is 15. The molecular weight excluding hydrogens is 1100 g/mol. The van der Waals surface area contributed by atoms with Crippen LogP contribution in [-0.2, 0) is 57.2 Å². The van der Waals surface area contributed by atoms with E-state index in [-0.39, 0.29) is 50.1 Å².